The van der Waals surface area contributed by atoms with E-state index < -0.39 is 33.7 Å². The standard InChI is InChI=1S/C19H23F2N3O5S/c1-12(25)22-8-14-9-24(18(26)29-14)13-6-15(20)17(16(21)7-13)23-4-2-19(3-5-23)10-30(27,28)11-19/h6-7,14H,2-5,8-11H2,1H3,(H,22,25)/t14-/m0/s1. The number of anilines is 2. The Labute approximate surface area is 173 Å². The number of amides is 2. The van der Waals surface area contributed by atoms with E-state index in [1.165, 1.54) is 6.92 Å². The monoisotopic (exact) mass is 443 g/mol. The minimum absolute atomic E-state index is 0.0441. The summed E-state index contributed by atoms with van der Waals surface area (Å²) in [4.78, 5) is 25.8. The van der Waals surface area contributed by atoms with Crippen molar-refractivity contribution in [1.29, 1.82) is 0 Å². The molecule has 0 aliphatic carbocycles. The van der Waals surface area contributed by atoms with Crippen molar-refractivity contribution in [3.63, 3.8) is 0 Å². The lowest BCUT2D eigenvalue weighted by Crippen LogP contribution is -2.54. The van der Waals surface area contributed by atoms with E-state index in [9.17, 15) is 26.8 Å². The van der Waals surface area contributed by atoms with Gasteiger partial charge in [-0.05, 0) is 12.8 Å². The van der Waals surface area contributed by atoms with Gasteiger partial charge in [-0.2, -0.15) is 0 Å². The van der Waals surface area contributed by atoms with Crippen molar-refractivity contribution >= 4 is 33.2 Å². The lowest BCUT2D eigenvalue weighted by Gasteiger charge is -2.47. The molecule has 3 saturated heterocycles. The van der Waals surface area contributed by atoms with Gasteiger partial charge in [0.05, 0.1) is 30.3 Å². The van der Waals surface area contributed by atoms with E-state index in [4.69, 9.17) is 4.74 Å². The van der Waals surface area contributed by atoms with E-state index in [-0.39, 0.29) is 47.3 Å². The minimum Gasteiger partial charge on any atom is -0.442 e. The molecule has 30 heavy (non-hydrogen) atoms. The molecule has 4 rings (SSSR count). The number of piperidine rings is 1. The summed E-state index contributed by atoms with van der Waals surface area (Å²) < 4.78 is 57.8. The van der Waals surface area contributed by atoms with Gasteiger partial charge in [0.15, 0.2) is 21.5 Å². The molecule has 164 valence electrons. The maximum atomic E-state index is 14.8. The van der Waals surface area contributed by atoms with Gasteiger partial charge in [-0.1, -0.05) is 0 Å². The molecular formula is C19H23F2N3O5S. The zero-order valence-electron chi connectivity index (χ0n) is 16.5. The molecular weight excluding hydrogens is 420 g/mol. The van der Waals surface area contributed by atoms with Gasteiger partial charge in [0.25, 0.3) is 0 Å². The van der Waals surface area contributed by atoms with Gasteiger partial charge in [-0.25, -0.2) is 22.0 Å². The average Bonchev–Trinajstić information content (AvgIpc) is 3.00. The van der Waals surface area contributed by atoms with Crippen LogP contribution in [0.2, 0.25) is 0 Å². The number of carbonyl (C=O) groups excluding carboxylic acids is 2. The molecule has 0 unspecified atom stereocenters. The number of hydrogen-bond donors (Lipinski definition) is 1. The SMILES string of the molecule is CC(=O)NC[C@H]1CN(c2cc(F)c(N3CCC4(CC3)CS(=O)(=O)C4)c(F)c2)C(=O)O1. The van der Waals surface area contributed by atoms with E-state index in [1.54, 1.807) is 4.90 Å². The molecule has 11 heteroatoms. The second-order valence-corrected chi connectivity index (χ2v) is 10.4. The summed E-state index contributed by atoms with van der Waals surface area (Å²) in [6.07, 6.45) is -0.209. The Balaban J connectivity index is 1.45. The molecule has 0 aromatic heterocycles. The normalized spacial score (nSPS) is 24.5. The van der Waals surface area contributed by atoms with E-state index in [0.29, 0.717) is 25.9 Å². The lowest BCUT2D eigenvalue weighted by atomic mass is 9.81. The van der Waals surface area contributed by atoms with E-state index in [1.807, 2.05) is 0 Å². The second kappa shape index (κ2) is 7.36. The van der Waals surface area contributed by atoms with Crippen molar-refractivity contribution in [2.24, 2.45) is 5.41 Å². The number of benzene rings is 1. The highest BCUT2D eigenvalue weighted by molar-refractivity contribution is 7.92. The van der Waals surface area contributed by atoms with Crippen LogP contribution in [0.15, 0.2) is 12.1 Å². The Morgan fingerprint density at radius 2 is 1.83 bits per heavy atom. The fraction of sp³-hybridized carbons (Fsp3) is 0.579. The third kappa shape index (κ3) is 3.94. The molecule has 3 aliphatic rings. The summed E-state index contributed by atoms with van der Waals surface area (Å²) >= 11 is 0. The zero-order chi connectivity index (χ0) is 21.7. The smallest absolute Gasteiger partial charge is 0.414 e. The Morgan fingerprint density at radius 3 is 2.37 bits per heavy atom. The number of sulfone groups is 1. The third-order valence-electron chi connectivity index (χ3n) is 5.96. The highest BCUT2D eigenvalue weighted by Crippen LogP contribution is 2.44. The Kier molecular flexibility index (Phi) is 5.11. The first-order valence-electron chi connectivity index (χ1n) is 9.75. The van der Waals surface area contributed by atoms with Gasteiger partial charge in [0.1, 0.15) is 11.8 Å². The van der Waals surface area contributed by atoms with Crippen molar-refractivity contribution in [3.05, 3.63) is 23.8 Å². The van der Waals surface area contributed by atoms with Crippen LogP contribution in [0, 0.1) is 17.0 Å². The number of carbonyl (C=O) groups is 2. The van der Waals surface area contributed by atoms with Crippen LogP contribution in [0.4, 0.5) is 25.0 Å². The number of hydrogen-bond acceptors (Lipinski definition) is 6. The first-order chi connectivity index (χ1) is 14.1. The lowest BCUT2D eigenvalue weighted by molar-refractivity contribution is -0.119. The Morgan fingerprint density at radius 1 is 1.23 bits per heavy atom. The van der Waals surface area contributed by atoms with Crippen molar-refractivity contribution in [2.75, 3.05) is 47.5 Å². The first-order valence-corrected chi connectivity index (χ1v) is 11.6. The molecule has 2 amide bonds. The predicted octanol–water partition coefficient (Wildman–Crippen LogP) is 1.44. The minimum atomic E-state index is -2.96. The second-order valence-electron chi connectivity index (χ2n) is 8.33. The summed E-state index contributed by atoms with van der Waals surface area (Å²) in [6.45, 7) is 2.26. The Hall–Kier alpha value is -2.43. The number of cyclic esters (lactones) is 1. The van der Waals surface area contributed by atoms with Crippen LogP contribution in [0.5, 0.6) is 0 Å². The summed E-state index contributed by atoms with van der Waals surface area (Å²) in [7, 11) is -2.96. The molecule has 1 atom stereocenters. The molecule has 1 aromatic carbocycles. The average molecular weight is 443 g/mol. The van der Waals surface area contributed by atoms with Crippen molar-refractivity contribution < 1.29 is 31.5 Å². The van der Waals surface area contributed by atoms with Gasteiger partial charge < -0.3 is 15.0 Å². The maximum Gasteiger partial charge on any atom is 0.414 e. The Bertz CT molecular complexity index is 955. The van der Waals surface area contributed by atoms with E-state index in [0.717, 1.165) is 17.0 Å². The summed E-state index contributed by atoms with van der Waals surface area (Å²) in [5.41, 5.74) is -0.384. The van der Waals surface area contributed by atoms with Gasteiger partial charge in [-0.3, -0.25) is 9.69 Å². The van der Waals surface area contributed by atoms with Gasteiger partial charge >= 0.3 is 6.09 Å². The number of nitrogens with zero attached hydrogens (tertiary/aromatic N) is 2. The fourth-order valence-corrected chi connectivity index (χ4v) is 6.85. The molecule has 1 spiro atoms. The molecule has 0 saturated carbocycles. The predicted molar refractivity (Wildman–Crippen MR) is 105 cm³/mol. The first kappa shape index (κ1) is 20.8. The van der Waals surface area contributed by atoms with Crippen LogP contribution in [-0.2, 0) is 19.4 Å². The van der Waals surface area contributed by atoms with Gasteiger partial charge in [0, 0.05) is 37.6 Å². The molecule has 3 fully saturated rings. The van der Waals surface area contributed by atoms with Crippen LogP contribution in [0.1, 0.15) is 19.8 Å². The summed E-state index contributed by atoms with van der Waals surface area (Å²) in [6, 6.07) is 2.19. The molecule has 1 N–H and O–H groups in total. The quantitative estimate of drug-likeness (QED) is 0.757. The molecule has 3 heterocycles. The van der Waals surface area contributed by atoms with E-state index >= 15 is 0 Å². The van der Waals surface area contributed by atoms with Crippen LogP contribution in [-0.4, -0.2) is 64.2 Å². The highest BCUT2D eigenvalue weighted by atomic mass is 32.2. The van der Waals surface area contributed by atoms with Crippen molar-refractivity contribution in [3.8, 4) is 0 Å². The number of nitrogens with one attached hydrogen (secondary N) is 1. The number of ether oxygens (including phenoxy) is 1. The van der Waals surface area contributed by atoms with Gasteiger partial charge in [0.2, 0.25) is 5.91 Å². The zero-order valence-corrected chi connectivity index (χ0v) is 17.3. The maximum absolute atomic E-state index is 14.8. The van der Waals surface area contributed by atoms with Crippen LogP contribution in [0.25, 0.3) is 0 Å². The summed E-state index contributed by atoms with van der Waals surface area (Å²) in [5.74, 6) is -1.56. The van der Waals surface area contributed by atoms with Crippen molar-refractivity contribution in [2.45, 2.75) is 25.9 Å². The number of halogens is 2. The fourth-order valence-electron chi connectivity index (χ4n) is 4.49. The molecule has 1 aromatic rings. The topological polar surface area (TPSA) is 96.0 Å². The number of rotatable bonds is 4. The molecule has 0 radical (unpaired) electrons. The molecule has 0 bridgehead atoms. The van der Waals surface area contributed by atoms with Crippen LogP contribution in [0.3, 0.4) is 0 Å². The third-order valence-corrected chi connectivity index (χ3v) is 8.06. The highest BCUT2D eigenvalue weighted by Gasteiger charge is 2.49. The summed E-state index contributed by atoms with van der Waals surface area (Å²) in [5, 5.41) is 2.54. The van der Waals surface area contributed by atoms with Crippen LogP contribution < -0.4 is 15.1 Å². The largest absolute Gasteiger partial charge is 0.442 e. The van der Waals surface area contributed by atoms with Gasteiger partial charge in [-0.15, -0.1) is 0 Å². The van der Waals surface area contributed by atoms with Crippen molar-refractivity contribution in [1.82, 2.24) is 5.32 Å². The van der Waals surface area contributed by atoms with E-state index in [2.05, 4.69) is 5.32 Å². The molecule has 3 aliphatic heterocycles. The van der Waals surface area contributed by atoms with Crippen LogP contribution >= 0.6 is 0 Å². The molecule has 8 nitrogen and oxygen atoms in total.